The number of hydrogen-bond donors (Lipinski definition) is 3. The lowest BCUT2D eigenvalue weighted by molar-refractivity contribution is -0.395. The van der Waals surface area contributed by atoms with E-state index in [0.717, 1.165) is 18.2 Å². The summed E-state index contributed by atoms with van der Waals surface area (Å²) in [5.41, 5.74) is -1.11. The second-order valence-electron chi connectivity index (χ2n) is 4.86. The highest BCUT2D eigenvalue weighted by atomic mass is 16.7. The fourth-order valence-electron chi connectivity index (χ4n) is 2.15. The lowest BCUT2D eigenvalue weighted by Crippen LogP contribution is -2.51. The monoisotopic (exact) mass is 330 g/mol. The van der Waals surface area contributed by atoms with Gasteiger partial charge in [0.2, 0.25) is 12.0 Å². The molecule has 0 bridgehead atoms. The smallest absolute Gasteiger partial charge is 0.317 e. The molecule has 0 radical (unpaired) electrons. The minimum Gasteiger partial charge on any atom is -0.458 e. The second kappa shape index (κ2) is 6.83. The van der Waals surface area contributed by atoms with Crippen molar-refractivity contribution in [2.24, 2.45) is 0 Å². The highest BCUT2D eigenvalue weighted by Crippen LogP contribution is 2.33. The molecule has 0 amide bonds. The minimum absolute atomic E-state index is 0.189. The molecule has 1 aliphatic heterocycles. The molecule has 1 aliphatic rings. The third kappa shape index (κ3) is 3.71. The predicted molar refractivity (Wildman–Crippen MR) is 72.8 cm³/mol. The summed E-state index contributed by atoms with van der Waals surface area (Å²) in [4.78, 5) is 20.0. The number of ether oxygens (including phenoxy) is 2. The summed E-state index contributed by atoms with van der Waals surface area (Å²) in [6.07, 6.45) is -5.02. The summed E-state index contributed by atoms with van der Waals surface area (Å²) < 4.78 is 10.5. The molecule has 1 fully saturated rings. The maximum Gasteiger partial charge on any atom is 0.317 e. The average molecular weight is 330 g/mol. The minimum atomic E-state index is -1.31. The van der Waals surface area contributed by atoms with E-state index in [1.165, 1.54) is 0 Å². The van der Waals surface area contributed by atoms with Crippen molar-refractivity contribution in [2.45, 2.75) is 31.0 Å². The molecule has 0 saturated carbocycles. The molecule has 11 nitrogen and oxygen atoms in total. The molecular formula is C12H14N2O9. The van der Waals surface area contributed by atoms with Gasteiger partial charge in [0, 0.05) is 12.5 Å². The van der Waals surface area contributed by atoms with Crippen LogP contribution in [0.2, 0.25) is 0 Å². The van der Waals surface area contributed by atoms with Gasteiger partial charge < -0.3 is 24.8 Å². The third-order valence-corrected chi connectivity index (χ3v) is 3.32. The number of benzene rings is 1. The van der Waals surface area contributed by atoms with Gasteiger partial charge in [-0.3, -0.25) is 20.2 Å². The van der Waals surface area contributed by atoms with Crippen LogP contribution in [0.4, 0.5) is 11.4 Å². The van der Waals surface area contributed by atoms with Crippen LogP contribution in [0, 0.1) is 20.2 Å². The van der Waals surface area contributed by atoms with E-state index in [2.05, 4.69) is 0 Å². The lowest BCUT2D eigenvalue weighted by atomic mass is 10.0. The number of nitro benzene ring substituents is 2. The van der Waals surface area contributed by atoms with Crippen molar-refractivity contribution in [3.63, 3.8) is 0 Å². The molecule has 0 aliphatic carbocycles. The van der Waals surface area contributed by atoms with E-state index in [-0.39, 0.29) is 12.2 Å². The molecule has 23 heavy (non-hydrogen) atoms. The van der Waals surface area contributed by atoms with Crippen molar-refractivity contribution in [1.82, 2.24) is 0 Å². The van der Waals surface area contributed by atoms with Crippen LogP contribution < -0.4 is 4.74 Å². The Labute approximate surface area is 129 Å². The van der Waals surface area contributed by atoms with Crippen LogP contribution in [0.1, 0.15) is 6.42 Å². The van der Waals surface area contributed by atoms with Gasteiger partial charge in [0.1, 0.15) is 12.2 Å². The Morgan fingerprint density at radius 1 is 1.26 bits per heavy atom. The Morgan fingerprint density at radius 3 is 2.52 bits per heavy atom. The molecule has 2 rings (SSSR count). The Morgan fingerprint density at radius 2 is 1.96 bits per heavy atom. The molecule has 1 saturated heterocycles. The first kappa shape index (κ1) is 17.0. The van der Waals surface area contributed by atoms with E-state index in [9.17, 15) is 30.4 Å². The van der Waals surface area contributed by atoms with Crippen molar-refractivity contribution in [1.29, 1.82) is 0 Å². The Kier molecular flexibility index (Phi) is 5.05. The molecule has 1 heterocycles. The zero-order chi connectivity index (χ0) is 17.1. The second-order valence-corrected chi connectivity index (χ2v) is 4.86. The van der Waals surface area contributed by atoms with Crippen LogP contribution >= 0.6 is 0 Å². The lowest BCUT2D eigenvalue weighted by Gasteiger charge is -2.35. The standard InChI is InChI=1S/C12H14N2O9/c15-5-10-12(17)8(16)4-11(23-10)22-9-2-1-6(13(18)19)3-7(9)14(20)21/h1-3,8,10-12,15-17H,4-5H2/t8-,10-,11-,12+/m1/s1. The molecular weight excluding hydrogens is 316 g/mol. The van der Waals surface area contributed by atoms with E-state index in [0.29, 0.717) is 0 Å². The van der Waals surface area contributed by atoms with E-state index in [1.807, 2.05) is 0 Å². The van der Waals surface area contributed by atoms with Crippen LogP contribution in [0.3, 0.4) is 0 Å². The van der Waals surface area contributed by atoms with Crippen LogP contribution in [0.25, 0.3) is 0 Å². The largest absolute Gasteiger partial charge is 0.458 e. The third-order valence-electron chi connectivity index (χ3n) is 3.32. The number of hydrogen-bond acceptors (Lipinski definition) is 9. The van der Waals surface area contributed by atoms with Crippen molar-refractivity contribution in [3.05, 3.63) is 38.4 Å². The molecule has 0 spiro atoms. The molecule has 3 N–H and O–H groups in total. The highest BCUT2D eigenvalue weighted by Gasteiger charge is 2.38. The zero-order valence-corrected chi connectivity index (χ0v) is 11.6. The van der Waals surface area contributed by atoms with E-state index in [4.69, 9.17) is 14.6 Å². The molecule has 126 valence electrons. The predicted octanol–water partition coefficient (Wildman–Crippen LogP) is -0.289. The first-order valence-electron chi connectivity index (χ1n) is 6.55. The van der Waals surface area contributed by atoms with Crippen LogP contribution in [0.5, 0.6) is 5.75 Å². The van der Waals surface area contributed by atoms with Crippen molar-refractivity contribution >= 4 is 11.4 Å². The quantitative estimate of drug-likeness (QED) is 0.485. The molecule has 4 atom stereocenters. The summed E-state index contributed by atoms with van der Waals surface area (Å²) in [5.74, 6) is -0.286. The van der Waals surface area contributed by atoms with Crippen molar-refractivity contribution in [3.8, 4) is 5.75 Å². The zero-order valence-electron chi connectivity index (χ0n) is 11.6. The Hall–Kier alpha value is -2.34. The van der Waals surface area contributed by atoms with Gasteiger partial charge in [-0.2, -0.15) is 0 Å². The fourth-order valence-corrected chi connectivity index (χ4v) is 2.15. The van der Waals surface area contributed by atoms with Crippen LogP contribution in [0.15, 0.2) is 18.2 Å². The van der Waals surface area contributed by atoms with Crippen LogP contribution in [-0.2, 0) is 4.74 Å². The molecule has 0 unspecified atom stereocenters. The van der Waals surface area contributed by atoms with Crippen molar-refractivity contribution < 1.29 is 34.6 Å². The van der Waals surface area contributed by atoms with E-state index in [1.54, 1.807) is 0 Å². The first-order valence-corrected chi connectivity index (χ1v) is 6.55. The fraction of sp³-hybridized carbons (Fsp3) is 0.500. The van der Waals surface area contributed by atoms with E-state index < -0.39 is 52.4 Å². The van der Waals surface area contributed by atoms with Gasteiger partial charge in [0.15, 0.2) is 0 Å². The number of non-ortho nitro benzene ring substituents is 1. The van der Waals surface area contributed by atoms with Gasteiger partial charge in [0.05, 0.1) is 28.6 Å². The number of rotatable bonds is 5. The van der Waals surface area contributed by atoms with Gasteiger partial charge in [-0.05, 0) is 6.07 Å². The van der Waals surface area contributed by atoms with Gasteiger partial charge in [0.25, 0.3) is 5.69 Å². The summed E-state index contributed by atoms with van der Waals surface area (Å²) >= 11 is 0. The SMILES string of the molecule is O=[N+]([O-])c1ccc(O[C@H]2C[C@@H](O)[C@H](O)[C@@H](CO)O2)c([N+](=O)[O-])c1. The van der Waals surface area contributed by atoms with Crippen LogP contribution in [-0.4, -0.2) is 56.4 Å². The Balaban J connectivity index is 2.22. The average Bonchev–Trinajstić information content (AvgIpc) is 2.50. The highest BCUT2D eigenvalue weighted by molar-refractivity contribution is 5.53. The first-order chi connectivity index (χ1) is 10.8. The summed E-state index contributed by atoms with van der Waals surface area (Å²) in [7, 11) is 0. The van der Waals surface area contributed by atoms with Gasteiger partial charge in [-0.1, -0.05) is 0 Å². The maximum atomic E-state index is 11.0. The number of nitrogens with zero attached hydrogens (tertiary/aromatic N) is 2. The number of nitro groups is 2. The molecule has 11 heteroatoms. The summed E-state index contributed by atoms with van der Waals surface area (Å²) in [6.45, 7) is -0.583. The van der Waals surface area contributed by atoms with Gasteiger partial charge >= 0.3 is 5.69 Å². The van der Waals surface area contributed by atoms with E-state index >= 15 is 0 Å². The molecule has 1 aromatic carbocycles. The summed E-state index contributed by atoms with van der Waals surface area (Å²) in [6, 6.07) is 2.82. The van der Waals surface area contributed by atoms with Gasteiger partial charge in [-0.15, -0.1) is 0 Å². The summed E-state index contributed by atoms with van der Waals surface area (Å²) in [5, 5.41) is 50.0. The molecule has 1 aromatic rings. The number of aliphatic hydroxyl groups is 3. The normalized spacial score (nSPS) is 27.4. The molecule has 0 aromatic heterocycles. The van der Waals surface area contributed by atoms with Gasteiger partial charge in [-0.25, -0.2) is 0 Å². The number of aliphatic hydroxyl groups excluding tert-OH is 3. The maximum absolute atomic E-state index is 11.0. The topological polar surface area (TPSA) is 165 Å². The van der Waals surface area contributed by atoms with Crippen molar-refractivity contribution in [2.75, 3.05) is 6.61 Å². The Bertz CT molecular complexity index is 608.